The van der Waals surface area contributed by atoms with Gasteiger partial charge < -0.3 is 19.7 Å². The quantitative estimate of drug-likeness (QED) is 0.432. The molecule has 2 aliphatic rings. The second kappa shape index (κ2) is 11.3. The van der Waals surface area contributed by atoms with Crippen LogP contribution in [-0.2, 0) is 15.9 Å². The molecule has 27 heavy (non-hydrogen) atoms. The second-order valence-electron chi connectivity index (χ2n) is 7.44. The number of rotatable bonds is 8. The highest BCUT2D eigenvalue weighted by molar-refractivity contribution is 5.80. The minimum absolute atomic E-state index is 0.177. The van der Waals surface area contributed by atoms with Crippen LogP contribution >= 0.6 is 0 Å². The zero-order chi connectivity index (χ0) is 18.7. The van der Waals surface area contributed by atoms with Crippen LogP contribution in [0.3, 0.4) is 0 Å². The molecule has 2 aliphatic heterocycles. The highest BCUT2D eigenvalue weighted by atomic mass is 16.5. The summed E-state index contributed by atoms with van der Waals surface area (Å²) in [6, 6.07) is 10.7. The zero-order valence-electron chi connectivity index (χ0n) is 16.7. The predicted octanol–water partition coefficient (Wildman–Crippen LogP) is 3.24. The highest BCUT2D eigenvalue weighted by Gasteiger charge is 2.32. The Morgan fingerprint density at radius 2 is 1.96 bits per heavy atom. The number of benzene rings is 1. The molecule has 0 aromatic heterocycles. The Morgan fingerprint density at radius 1 is 1.11 bits per heavy atom. The van der Waals surface area contributed by atoms with Gasteiger partial charge in [-0.05, 0) is 44.6 Å². The van der Waals surface area contributed by atoms with Gasteiger partial charge >= 0.3 is 0 Å². The first-order chi connectivity index (χ1) is 13.4. The third kappa shape index (κ3) is 6.51. The number of hydrogen-bond donors (Lipinski definition) is 1. The fraction of sp³-hybridized carbons (Fsp3) is 0.682. The molecule has 5 heteroatoms. The van der Waals surface area contributed by atoms with E-state index in [-0.39, 0.29) is 12.2 Å². The fourth-order valence-corrected chi connectivity index (χ4v) is 3.86. The van der Waals surface area contributed by atoms with Gasteiger partial charge in [0.15, 0.2) is 5.96 Å². The molecule has 2 unspecified atom stereocenters. The van der Waals surface area contributed by atoms with Gasteiger partial charge in [-0.25, -0.2) is 0 Å². The van der Waals surface area contributed by atoms with Gasteiger partial charge in [0, 0.05) is 32.8 Å². The third-order valence-corrected chi connectivity index (χ3v) is 5.34. The maximum Gasteiger partial charge on any atom is 0.194 e. The van der Waals surface area contributed by atoms with Crippen molar-refractivity contribution < 1.29 is 9.47 Å². The van der Waals surface area contributed by atoms with E-state index >= 15 is 0 Å². The molecule has 150 valence electrons. The summed E-state index contributed by atoms with van der Waals surface area (Å²) < 4.78 is 11.8. The molecule has 0 amide bonds. The first kappa shape index (κ1) is 20.2. The molecule has 1 N–H and O–H groups in total. The largest absolute Gasteiger partial charge is 0.375 e. The van der Waals surface area contributed by atoms with Crippen LogP contribution in [-0.4, -0.2) is 62.5 Å². The van der Waals surface area contributed by atoms with Gasteiger partial charge in [-0.2, -0.15) is 0 Å². The number of unbranched alkanes of at least 4 members (excludes halogenated alkanes) is 2. The number of ether oxygens (including phenoxy) is 2. The Kier molecular flexibility index (Phi) is 8.43. The lowest BCUT2D eigenvalue weighted by Gasteiger charge is -2.37. The van der Waals surface area contributed by atoms with E-state index < -0.39 is 0 Å². The number of aliphatic imine (C=N–C) groups is 1. The van der Waals surface area contributed by atoms with Crippen molar-refractivity contribution in [2.75, 3.05) is 39.4 Å². The number of guanidine groups is 1. The summed E-state index contributed by atoms with van der Waals surface area (Å²) in [6.45, 7) is 7.34. The van der Waals surface area contributed by atoms with Crippen LogP contribution in [0.15, 0.2) is 35.3 Å². The molecule has 2 saturated heterocycles. The van der Waals surface area contributed by atoms with E-state index in [1.54, 1.807) is 0 Å². The van der Waals surface area contributed by atoms with Gasteiger partial charge in [0.1, 0.15) is 6.10 Å². The molecule has 5 nitrogen and oxygen atoms in total. The van der Waals surface area contributed by atoms with Crippen molar-refractivity contribution in [2.24, 2.45) is 4.99 Å². The molecular formula is C22H35N3O2. The van der Waals surface area contributed by atoms with Gasteiger partial charge in [-0.15, -0.1) is 0 Å². The monoisotopic (exact) mass is 373 g/mol. The van der Waals surface area contributed by atoms with Crippen molar-refractivity contribution >= 4 is 5.96 Å². The van der Waals surface area contributed by atoms with Gasteiger partial charge in [0.2, 0.25) is 0 Å². The number of morpholine rings is 1. The minimum atomic E-state index is 0.177. The summed E-state index contributed by atoms with van der Waals surface area (Å²) in [4.78, 5) is 7.23. The predicted molar refractivity (Wildman–Crippen MR) is 110 cm³/mol. The lowest BCUT2D eigenvalue weighted by molar-refractivity contribution is -0.0817. The van der Waals surface area contributed by atoms with E-state index in [0.717, 1.165) is 71.0 Å². The first-order valence-electron chi connectivity index (χ1n) is 10.7. The molecule has 2 atom stereocenters. The highest BCUT2D eigenvalue weighted by Crippen LogP contribution is 2.21. The van der Waals surface area contributed by atoms with E-state index in [2.05, 4.69) is 47.5 Å². The average molecular weight is 374 g/mol. The summed E-state index contributed by atoms with van der Waals surface area (Å²) >= 11 is 0. The molecule has 0 saturated carbocycles. The Balaban J connectivity index is 1.41. The Morgan fingerprint density at radius 3 is 2.74 bits per heavy atom. The Bertz CT molecular complexity index is 558. The molecule has 2 fully saturated rings. The fourth-order valence-electron chi connectivity index (χ4n) is 3.86. The maximum atomic E-state index is 5.97. The van der Waals surface area contributed by atoms with Crippen molar-refractivity contribution in [3.05, 3.63) is 35.9 Å². The second-order valence-corrected chi connectivity index (χ2v) is 7.44. The van der Waals surface area contributed by atoms with Crippen LogP contribution in [0.4, 0.5) is 0 Å². The van der Waals surface area contributed by atoms with Crippen LogP contribution in [0.25, 0.3) is 0 Å². The average Bonchev–Trinajstić information content (AvgIpc) is 3.25. The third-order valence-electron chi connectivity index (χ3n) is 5.34. The summed E-state index contributed by atoms with van der Waals surface area (Å²) in [5.41, 5.74) is 1.43. The molecule has 0 bridgehead atoms. The van der Waals surface area contributed by atoms with E-state index in [9.17, 15) is 0 Å². The van der Waals surface area contributed by atoms with E-state index in [4.69, 9.17) is 14.5 Å². The summed E-state index contributed by atoms with van der Waals surface area (Å²) in [5.74, 6) is 1.03. The Labute approximate surface area is 164 Å². The van der Waals surface area contributed by atoms with Gasteiger partial charge in [-0.3, -0.25) is 4.99 Å². The smallest absolute Gasteiger partial charge is 0.194 e. The number of aryl methyl sites for hydroxylation is 1. The standard InChI is InChI=1S/C22H35N3O2/c1-2-23-22(24-14-8-4-7-12-19-10-5-3-6-11-19)25-15-17-27-21(18-25)20-13-9-16-26-20/h3,5-6,10-11,20-21H,2,4,7-9,12-18H2,1H3,(H,23,24). The lowest BCUT2D eigenvalue weighted by atomic mass is 10.1. The Hall–Kier alpha value is -1.59. The lowest BCUT2D eigenvalue weighted by Crippen LogP contribution is -2.53. The molecule has 3 rings (SSSR count). The number of nitrogens with zero attached hydrogens (tertiary/aromatic N) is 2. The molecule has 1 aromatic carbocycles. The van der Waals surface area contributed by atoms with Gasteiger partial charge in [0.05, 0.1) is 12.7 Å². The van der Waals surface area contributed by atoms with Crippen LogP contribution in [0.5, 0.6) is 0 Å². The van der Waals surface area contributed by atoms with Crippen LogP contribution in [0.1, 0.15) is 44.6 Å². The van der Waals surface area contributed by atoms with Crippen LogP contribution < -0.4 is 5.32 Å². The summed E-state index contributed by atoms with van der Waals surface area (Å²) in [7, 11) is 0. The summed E-state index contributed by atoms with van der Waals surface area (Å²) in [5, 5.41) is 3.46. The van der Waals surface area contributed by atoms with Crippen molar-refractivity contribution in [1.29, 1.82) is 0 Å². The van der Waals surface area contributed by atoms with Gasteiger partial charge in [0.25, 0.3) is 0 Å². The molecule has 2 heterocycles. The molecular weight excluding hydrogens is 338 g/mol. The normalized spacial score (nSPS) is 23.6. The minimum Gasteiger partial charge on any atom is -0.375 e. The van der Waals surface area contributed by atoms with Gasteiger partial charge in [-0.1, -0.05) is 36.8 Å². The topological polar surface area (TPSA) is 46.1 Å². The first-order valence-corrected chi connectivity index (χ1v) is 10.7. The molecule has 0 radical (unpaired) electrons. The van der Waals surface area contributed by atoms with Crippen molar-refractivity contribution in [3.63, 3.8) is 0 Å². The zero-order valence-corrected chi connectivity index (χ0v) is 16.7. The molecule has 0 spiro atoms. The summed E-state index contributed by atoms with van der Waals surface area (Å²) in [6.07, 6.45) is 7.46. The van der Waals surface area contributed by atoms with Crippen molar-refractivity contribution in [1.82, 2.24) is 10.2 Å². The SMILES string of the molecule is CCNC(=NCCCCCc1ccccc1)N1CCOC(C2CCCO2)C1. The van der Waals surface area contributed by atoms with E-state index in [0.29, 0.717) is 0 Å². The van der Waals surface area contributed by atoms with E-state index in [1.165, 1.54) is 18.4 Å². The number of nitrogens with one attached hydrogen (secondary N) is 1. The van der Waals surface area contributed by atoms with Crippen LogP contribution in [0, 0.1) is 0 Å². The van der Waals surface area contributed by atoms with E-state index in [1.807, 2.05) is 0 Å². The molecule has 1 aromatic rings. The van der Waals surface area contributed by atoms with Crippen molar-refractivity contribution in [2.45, 2.75) is 57.7 Å². The van der Waals surface area contributed by atoms with Crippen LogP contribution in [0.2, 0.25) is 0 Å². The molecule has 0 aliphatic carbocycles. The maximum absolute atomic E-state index is 5.97. The van der Waals surface area contributed by atoms with Crippen molar-refractivity contribution in [3.8, 4) is 0 Å². The number of hydrogen-bond acceptors (Lipinski definition) is 3.